The lowest BCUT2D eigenvalue weighted by Gasteiger charge is -2.13. The first-order valence-electron chi connectivity index (χ1n) is 8.95. The van der Waals surface area contributed by atoms with Crippen LogP contribution in [0.2, 0.25) is 0 Å². The predicted octanol–water partition coefficient (Wildman–Crippen LogP) is 4.97. The average Bonchev–Trinajstić information content (AvgIpc) is 3.09. The van der Waals surface area contributed by atoms with Gasteiger partial charge in [-0.25, -0.2) is 4.98 Å². The lowest BCUT2D eigenvalue weighted by atomic mass is 10.2. The number of likely N-dealkylation sites (N-methyl/N-ethyl adjacent to an activating group) is 1. The molecule has 0 saturated heterocycles. The maximum absolute atomic E-state index is 12.5. The average molecular weight is 418 g/mol. The van der Waals surface area contributed by atoms with Gasteiger partial charge in [-0.15, -0.1) is 11.3 Å². The van der Waals surface area contributed by atoms with Gasteiger partial charge in [0.1, 0.15) is 5.01 Å². The quantitative estimate of drug-likeness (QED) is 0.485. The summed E-state index contributed by atoms with van der Waals surface area (Å²) in [5.41, 5.74) is 1.55. The molecule has 0 fully saturated rings. The molecule has 0 spiro atoms. The van der Waals surface area contributed by atoms with Gasteiger partial charge in [-0.2, -0.15) is 8.78 Å². The molecule has 29 heavy (non-hydrogen) atoms. The van der Waals surface area contributed by atoms with Gasteiger partial charge in [0.05, 0.1) is 23.4 Å². The minimum Gasteiger partial charge on any atom is -0.490 e. The number of carbonyl (C=O) groups is 1. The molecule has 0 aliphatic carbocycles. The topological polar surface area (TPSA) is 51.7 Å². The van der Waals surface area contributed by atoms with Crippen molar-refractivity contribution in [3.8, 4) is 11.5 Å². The number of aromatic nitrogens is 1. The first kappa shape index (κ1) is 20.7. The zero-order chi connectivity index (χ0) is 20.8. The molecule has 0 bridgehead atoms. The molecule has 0 aliphatic heterocycles. The fourth-order valence-corrected chi connectivity index (χ4v) is 3.67. The third-order valence-electron chi connectivity index (χ3n) is 3.99. The van der Waals surface area contributed by atoms with Gasteiger partial charge in [0, 0.05) is 13.1 Å². The van der Waals surface area contributed by atoms with Gasteiger partial charge in [-0.05, 0) is 42.8 Å². The normalized spacial score (nSPS) is 11.3. The minimum absolute atomic E-state index is 0.0433. The van der Waals surface area contributed by atoms with Crippen LogP contribution in [0.3, 0.4) is 0 Å². The predicted molar refractivity (Wildman–Crippen MR) is 109 cm³/mol. The molecule has 0 N–H and O–H groups in total. The summed E-state index contributed by atoms with van der Waals surface area (Å²) in [5, 5.41) is 0.850. The maximum atomic E-state index is 12.5. The van der Waals surface area contributed by atoms with Crippen LogP contribution in [0.4, 0.5) is 8.78 Å². The smallest absolute Gasteiger partial charge is 0.387 e. The van der Waals surface area contributed by atoms with Gasteiger partial charge in [-0.3, -0.25) is 4.79 Å². The number of fused-ring (bicyclic) bond motifs is 1. The molecule has 1 amide bonds. The highest BCUT2D eigenvalue weighted by Crippen LogP contribution is 2.30. The molecule has 3 rings (SSSR count). The van der Waals surface area contributed by atoms with E-state index in [1.54, 1.807) is 48.4 Å². The summed E-state index contributed by atoms with van der Waals surface area (Å²) in [5.74, 6) is -0.0429. The Kier molecular flexibility index (Phi) is 6.77. The van der Waals surface area contributed by atoms with Gasteiger partial charge in [0.2, 0.25) is 5.91 Å². The van der Waals surface area contributed by atoms with E-state index in [-0.39, 0.29) is 17.4 Å². The summed E-state index contributed by atoms with van der Waals surface area (Å²) in [6, 6.07) is 12.3. The van der Waals surface area contributed by atoms with E-state index < -0.39 is 6.61 Å². The second kappa shape index (κ2) is 9.47. The fourth-order valence-electron chi connectivity index (χ4n) is 2.65. The van der Waals surface area contributed by atoms with Gasteiger partial charge < -0.3 is 14.4 Å². The SMILES string of the molecule is CCOc1cc(/C=C/C(=O)N(C)Cc2nc3ccccc3s2)ccc1OC(F)F. The van der Waals surface area contributed by atoms with Crippen molar-refractivity contribution < 1.29 is 23.0 Å². The van der Waals surface area contributed by atoms with E-state index in [1.165, 1.54) is 12.1 Å². The molecular formula is C21H20F2N2O3S. The number of hydrogen-bond acceptors (Lipinski definition) is 5. The van der Waals surface area contributed by atoms with Crippen LogP contribution in [0, 0.1) is 0 Å². The number of thiazole rings is 1. The van der Waals surface area contributed by atoms with Gasteiger partial charge in [-0.1, -0.05) is 18.2 Å². The van der Waals surface area contributed by atoms with Crippen molar-refractivity contribution in [1.82, 2.24) is 9.88 Å². The van der Waals surface area contributed by atoms with E-state index in [1.807, 2.05) is 24.3 Å². The van der Waals surface area contributed by atoms with Crippen molar-refractivity contribution in [3.63, 3.8) is 0 Å². The number of amides is 1. The van der Waals surface area contributed by atoms with Crippen LogP contribution >= 0.6 is 11.3 Å². The van der Waals surface area contributed by atoms with Gasteiger partial charge >= 0.3 is 6.61 Å². The summed E-state index contributed by atoms with van der Waals surface area (Å²) in [6.07, 6.45) is 3.03. The molecule has 1 aromatic heterocycles. The molecular weight excluding hydrogens is 398 g/mol. The summed E-state index contributed by atoms with van der Waals surface area (Å²) >= 11 is 1.55. The van der Waals surface area contributed by atoms with Crippen LogP contribution in [0.15, 0.2) is 48.5 Å². The maximum Gasteiger partial charge on any atom is 0.387 e. The van der Waals surface area contributed by atoms with Crippen molar-refractivity contribution >= 4 is 33.5 Å². The number of ether oxygens (including phenoxy) is 2. The largest absolute Gasteiger partial charge is 0.490 e. The monoisotopic (exact) mass is 418 g/mol. The van der Waals surface area contributed by atoms with Crippen LogP contribution in [0.25, 0.3) is 16.3 Å². The Morgan fingerprint density at radius 3 is 2.76 bits per heavy atom. The van der Waals surface area contributed by atoms with E-state index >= 15 is 0 Å². The molecule has 2 aromatic carbocycles. The molecule has 3 aromatic rings. The summed E-state index contributed by atoms with van der Waals surface area (Å²) in [4.78, 5) is 18.5. The number of nitrogens with zero attached hydrogens (tertiary/aromatic N) is 2. The molecule has 0 aliphatic rings. The van der Waals surface area contributed by atoms with Crippen LogP contribution < -0.4 is 9.47 Å². The van der Waals surface area contributed by atoms with E-state index in [0.717, 1.165) is 15.2 Å². The highest BCUT2D eigenvalue weighted by Gasteiger charge is 2.12. The summed E-state index contributed by atoms with van der Waals surface area (Å²) in [7, 11) is 1.70. The zero-order valence-corrected chi connectivity index (χ0v) is 16.8. The summed E-state index contributed by atoms with van der Waals surface area (Å²) in [6.45, 7) is -0.493. The number of benzene rings is 2. The van der Waals surface area contributed by atoms with E-state index in [9.17, 15) is 13.6 Å². The van der Waals surface area contributed by atoms with Gasteiger partial charge in [0.15, 0.2) is 11.5 Å². The van der Waals surface area contributed by atoms with Crippen LogP contribution in [0.5, 0.6) is 11.5 Å². The Labute approximate surface area is 171 Å². The third-order valence-corrected chi connectivity index (χ3v) is 5.01. The third kappa shape index (κ3) is 5.51. The Morgan fingerprint density at radius 2 is 2.03 bits per heavy atom. The first-order chi connectivity index (χ1) is 14.0. The molecule has 0 atom stereocenters. The lowest BCUT2D eigenvalue weighted by molar-refractivity contribution is -0.125. The fraction of sp³-hybridized carbons (Fsp3) is 0.238. The molecule has 5 nitrogen and oxygen atoms in total. The Balaban J connectivity index is 1.67. The first-order valence-corrected chi connectivity index (χ1v) is 9.77. The highest BCUT2D eigenvalue weighted by molar-refractivity contribution is 7.18. The second-order valence-electron chi connectivity index (χ2n) is 6.12. The number of hydrogen-bond donors (Lipinski definition) is 0. The Bertz CT molecular complexity index is 987. The van der Waals surface area contributed by atoms with E-state index in [2.05, 4.69) is 9.72 Å². The highest BCUT2D eigenvalue weighted by atomic mass is 32.1. The van der Waals surface area contributed by atoms with E-state index in [0.29, 0.717) is 18.7 Å². The Hall–Kier alpha value is -3.00. The molecule has 0 unspecified atom stereocenters. The number of rotatable bonds is 8. The second-order valence-corrected chi connectivity index (χ2v) is 7.24. The lowest BCUT2D eigenvalue weighted by Crippen LogP contribution is -2.23. The van der Waals surface area contributed by atoms with Crippen molar-refractivity contribution in [3.05, 3.63) is 59.1 Å². The Morgan fingerprint density at radius 1 is 1.24 bits per heavy atom. The van der Waals surface area contributed by atoms with Crippen molar-refractivity contribution in [2.45, 2.75) is 20.1 Å². The van der Waals surface area contributed by atoms with Gasteiger partial charge in [0.25, 0.3) is 0 Å². The number of para-hydroxylation sites is 1. The molecule has 0 radical (unpaired) electrons. The van der Waals surface area contributed by atoms with Crippen molar-refractivity contribution in [2.24, 2.45) is 0 Å². The molecule has 0 saturated carbocycles. The van der Waals surface area contributed by atoms with Crippen molar-refractivity contribution in [2.75, 3.05) is 13.7 Å². The number of halogens is 2. The van der Waals surface area contributed by atoms with Crippen LogP contribution in [-0.2, 0) is 11.3 Å². The summed E-state index contributed by atoms with van der Waals surface area (Å²) < 4.78 is 35.8. The van der Waals surface area contributed by atoms with Crippen LogP contribution in [0.1, 0.15) is 17.5 Å². The minimum atomic E-state index is -2.94. The molecule has 8 heteroatoms. The number of carbonyl (C=O) groups excluding carboxylic acids is 1. The molecule has 152 valence electrons. The van der Waals surface area contributed by atoms with Crippen LogP contribution in [-0.4, -0.2) is 36.1 Å². The van der Waals surface area contributed by atoms with Crippen molar-refractivity contribution in [1.29, 1.82) is 0 Å². The zero-order valence-electron chi connectivity index (χ0n) is 16.0. The standard InChI is InChI=1S/C21H20F2N2O3S/c1-3-27-17-12-14(8-10-16(17)28-21(22)23)9-11-20(26)25(2)13-19-24-15-6-4-5-7-18(15)29-19/h4-12,21H,3,13H2,1-2H3/b11-9+. The molecule has 1 heterocycles. The number of alkyl halides is 2. The van der Waals surface area contributed by atoms with E-state index in [4.69, 9.17) is 4.74 Å².